The number of amides is 1. The molecule has 2 heterocycles. The van der Waals surface area contributed by atoms with Crippen molar-refractivity contribution in [3.05, 3.63) is 76.7 Å². The fraction of sp³-hybridized carbons (Fsp3) is 0.111. The van der Waals surface area contributed by atoms with Crippen LogP contribution in [0.3, 0.4) is 0 Å². The van der Waals surface area contributed by atoms with E-state index in [1.807, 2.05) is 0 Å². The maximum absolute atomic E-state index is 13.3. The predicted octanol–water partition coefficient (Wildman–Crippen LogP) is 3.95. The van der Waals surface area contributed by atoms with E-state index in [4.69, 9.17) is 27.6 Å². The fourth-order valence-electron chi connectivity index (χ4n) is 2.40. The fourth-order valence-corrected chi connectivity index (χ4v) is 4.00. The van der Waals surface area contributed by atoms with Gasteiger partial charge in [-0.05, 0) is 42.5 Å². The zero-order valence-corrected chi connectivity index (χ0v) is 17.0. The van der Waals surface area contributed by atoms with E-state index in [0.29, 0.717) is 5.76 Å². The van der Waals surface area contributed by atoms with Crippen LogP contribution in [0.5, 0.6) is 0 Å². The number of rotatable bonds is 7. The van der Waals surface area contributed by atoms with Gasteiger partial charge in [0.1, 0.15) is 21.6 Å². The van der Waals surface area contributed by atoms with Gasteiger partial charge >= 0.3 is 0 Å². The lowest BCUT2D eigenvalue weighted by molar-refractivity contribution is -0.116. The van der Waals surface area contributed by atoms with E-state index in [1.165, 1.54) is 30.5 Å². The summed E-state index contributed by atoms with van der Waals surface area (Å²) in [6, 6.07) is 9.44. The second-order valence-corrected chi connectivity index (χ2v) is 8.58. The number of carbonyl (C=O) groups is 1. The molecule has 0 unspecified atom stereocenters. The van der Waals surface area contributed by atoms with E-state index in [2.05, 4.69) is 10.3 Å². The average Bonchev–Trinajstić information content (AvgIpc) is 3.18. The lowest BCUT2D eigenvalue weighted by Gasteiger charge is -2.20. The van der Waals surface area contributed by atoms with Crippen LogP contribution in [0.15, 0.2) is 64.2 Å². The molecule has 0 saturated heterocycles. The molecule has 0 aliphatic rings. The molecular formula is C18H14Cl2FN3O4S. The van der Waals surface area contributed by atoms with E-state index in [0.717, 1.165) is 16.6 Å². The molecule has 0 saturated carbocycles. The highest BCUT2D eigenvalue weighted by Gasteiger charge is 2.28. The first kappa shape index (κ1) is 21.3. The quantitative estimate of drug-likeness (QED) is 0.542. The van der Waals surface area contributed by atoms with Crippen molar-refractivity contribution < 1.29 is 22.0 Å². The highest BCUT2D eigenvalue weighted by molar-refractivity contribution is 7.89. The van der Waals surface area contributed by atoms with Crippen molar-refractivity contribution in [1.82, 2.24) is 9.29 Å². The Morgan fingerprint density at radius 1 is 1.21 bits per heavy atom. The Balaban J connectivity index is 1.83. The number of furan rings is 1. The number of benzene rings is 1. The van der Waals surface area contributed by atoms with Crippen LogP contribution in [0.4, 0.5) is 10.1 Å². The predicted molar refractivity (Wildman–Crippen MR) is 106 cm³/mol. The van der Waals surface area contributed by atoms with Crippen LogP contribution in [0.2, 0.25) is 10.2 Å². The van der Waals surface area contributed by atoms with Crippen molar-refractivity contribution in [1.29, 1.82) is 0 Å². The van der Waals surface area contributed by atoms with Crippen LogP contribution in [-0.4, -0.2) is 30.2 Å². The van der Waals surface area contributed by atoms with Crippen molar-refractivity contribution in [3.63, 3.8) is 0 Å². The highest BCUT2D eigenvalue weighted by Crippen LogP contribution is 2.21. The average molecular weight is 458 g/mol. The molecule has 1 aromatic carbocycles. The van der Waals surface area contributed by atoms with Crippen molar-refractivity contribution in [3.8, 4) is 0 Å². The van der Waals surface area contributed by atoms with Gasteiger partial charge in [0.25, 0.3) is 0 Å². The van der Waals surface area contributed by atoms with Crippen molar-refractivity contribution in [2.75, 3.05) is 11.9 Å². The Morgan fingerprint density at radius 3 is 2.62 bits per heavy atom. The minimum atomic E-state index is -4.09. The van der Waals surface area contributed by atoms with Gasteiger partial charge in [-0.15, -0.1) is 0 Å². The van der Waals surface area contributed by atoms with Crippen LogP contribution >= 0.6 is 23.2 Å². The summed E-state index contributed by atoms with van der Waals surface area (Å²) in [6.45, 7) is -0.712. The number of sulfonamides is 1. The maximum atomic E-state index is 13.3. The molecule has 0 aliphatic carbocycles. The molecular weight excluding hydrogens is 444 g/mol. The molecule has 11 heteroatoms. The van der Waals surface area contributed by atoms with Gasteiger partial charge in [-0.25, -0.2) is 17.8 Å². The lowest BCUT2D eigenvalue weighted by Crippen LogP contribution is -2.37. The molecule has 1 N–H and O–H groups in total. The number of hydrogen-bond donors (Lipinski definition) is 1. The van der Waals surface area contributed by atoms with Gasteiger partial charge < -0.3 is 9.73 Å². The van der Waals surface area contributed by atoms with Gasteiger partial charge in [0.2, 0.25) is 15.9 Å². The molecule has 3 aromatic rings. The standard InChI is InChI=1S/C18H14Cl2FN3O4S/c19-15-8-12(3-5-16(15)21)23-18(25)11-24(10-13-2-1-7-28-13)29(26,27)14-4-6-17(20)22-9-14/h1-9H,10-11H2,(H,23,25). The van der Waals surface area contributed by atoms with E-state index in [9.17, 15) is 17.6 Å². The summed E-state index contributed by atoms with van der Waals surface area (Å²) in [4.78, 5) is 16.1. The topological polar surface area (TPSA) is 92.5 Å². The van der Waals surface area contributed by atoms with Crippen LogP contribution in [0.1, 0.15) is 5.76 Å². The van der Waals surface area contributed by atoms with Crippen molar-refractivity contribution in [2.24, 2.45) is 0 Å². The largest absolute Gasteiger partial charge is 0.468 e. The number of pyridine rings is 1. The molecule has 3 rings (SSSR count). The third kappa shape index (κ3) is 5.33. The monoisotopic (exact) mass is 457 g/mol. The van der Waals surface area contributed by atoms with Crippen molar-refractivity contribution >= 4 is 44.8 Å². The highest BCUT2D eigenvalue weighted by atomic mass is 35.5. The maximum Gasteiger partial charge on any atom is 0.245 e. The molecule has 7 nitrogen and oxygen atoms in total. The second kappa shape index (κ2) is 8.91. The Kier molecular flexibility index (Phi) is 6.53. The number of hydrogen-bond acceptors (Lipinski definition) is 5. The number of aromatic nitrogens is 1. The number of anilines is 1. The van der Waals surface area contributed by atoms with E-state index >= 15 is 0 Å². The molecule has 152 valence electrons. The molecule has 0 radical (unpaired) electrons. The summed E-state index contributed by atoms with van der Waals surface area (Å²) in [7, 11) is -4.09. The summed E-state index contributed by atoms with van der Waals surface area (Å²) in [6.07, 6.45) is 2.50. The van der Waals surface area contributed by atoms with Crippen LogP contribution in [0, 0.1) is 5.82 Å². The summed E-state index contributed by atoms with van der Waals surface area (Å²) in [5, 5.41) is 2.45. The first-order valence-electron chi connectivity index (χ1n) is 8.15. The molecule has 2 aromatic heterocycles. The molecule has 0 spiro atoms. The number of halogens is 3. The first-order valence-corrected chi connectivity index (χ1v) is 10.3. The van der Waals surface area contributed by atoms with Crippen LogP contribution < -0.4 is 5.32 Å². The minimum absolute atomic E-state index is 0.132. The van der Waals surface area contributed by atoms with Crippen LogP contribution in [-0.2, 0) is 21.4 Å². The summed E-state index contributed by atoms with van der Waals surface area (Å²) in [5.74, 6) is -0.945. The second-order valence-electron chi connectivity index (χ2n) is 5.85. The van der Waals surface area contributed by atoms with Gasteiger partial charge in [-0.2, -0.15) is 4.31 Å². The van der Waals surface area contributed by atoms with Crippen LogP contribution in [0.25, 0.3) is 0 Å². The minimum Gasteiger partial charge on any atom is -0.468 e. The Bertz CT molecular complexity index is 1110. The molecule has 1 amide bonds. The first-order chi connectivity index (χ1) is 13.8. The zero-order chi connectivity index (χ0) is 21.0. The van der Waals surface area contributed by atoms with Gasteiger partial charge in [0, 0.05) is 11.9 Å². The molecule has 0 fully saturated rings. The molecule has 0 atom stereocenters. The number of nitrogens with one attached hydrogen (secondary N) is 1. The van der Waals surface area contributed by atoms with E-state index in [-0.39, 0.29) is 27.3 Å². The third-order valence-electron chi connectivity index (χ3n) is 3.77. The molecule has 0 aliphatic heterocycles. The van der Waals surface area contributed by atoms with Gasteiger partial charge in [-0.3, -0.25) is 4.79 Å². The third-order valence-corrected chi connectivity index (χ3v) is 6.06. The Morgan fingerprint density at radius 2 is 2.00 bits per heavy atom. The van der Waals surface area contributed by atoms with E-state index in [1.54, 1.807) is 12.1 Å². The van der Waals surface area contributed by atoms with Crippen molar-refractivity contribution in [2.45, 2.75) is 11.4 Å². The number of nitrogens with zero attached hydrogens (tertiary/aromatic N) is 2. The smallest absolute Gasteiger partial charge is 0.245 e. The SMILES string of the molecule is O=C(CN(Cc1ccco1)S(=O)(=O)c1ccc(Cl)nc1)Nc1ccc(F)c(Cl)c1. The summed E-state index contributed by atoms with van der Waals surface area (Å²) < 4.78 is 45.4. The summed E-state index contributed by atoms with van der Waals surface area (Å²) >= 11 is 11.4. The molecule has 29 heavy (non-hydrogen) atoms. The Hall–Kier alpha value is -2.46. The van der Waals surface area contributed by atoms with Gasteiger partial charge in [-0.1, -0.05) is 23.2 Å². The van der Waals surface area contributed by atoms with E-state index < -0.39 is 28.3 Å². The zero-order valence-electron chi connectivity index (χ0n) is 14.7. The van der Waals surface area contributed by atoms with Gasteiger partial charge in [0.05, 0.1) is 24.4 Å². The number of carbonyl (C=O) groups excluding carboxylic acids is 1. The summed E-state index contributed by atoms with van der Waals surface area (Å²) in [5.41, 5.74) is 0.227. The lowest BCUT2D eigenvalue weighted by atomic mass is 10.3. The Labute approximate surface area is 176 Å². The normalized spacial score (nSPS) is 11.6. The molecule has 0 bridgehead atoms. The van der Waals surface area contributed by atoms with Gasteiger partial charge in [0.15, 0.2) is 0 Å².